The summed E-state index contributed by atoms with van der Waals surface area (Å²) < 4.78 is 79.0. The van der Waals surface area contributed by atoms with E-state index in [9.17, 15) is 31.4 Å². The zero-order chi connectivity index (χ0) is 23.8. The topological polar surface area (TPSA) is 101 Å². The lowest BCUT2D eigenvalue weighted by Crippen LogP contribution is -2.25. The van der Waals surface area contributed by atoms with Gasteiger partial charge in [0.1, 0.15) is 11.6 Å². The maximum Gasteiger partial charge on any atom is 0.451 e. The van der Waals surface area contributed by atoms with Crippen LogP contribution in [0.4, 0.5) is 29.1 Å². The molecule has 2 aromatic carbocycles. The number of β-amino-alcohol motifs (C(OH)–C–C–N with tert-alkyl or cyclic N) is 1. The smallest absolute Gasteiger partial charge is 0.451 e. The molecule has 4 rings (SSSR count). The predicted molar refractivity (Wildman–Crippen MR) is 113 cm³/mol. The Morgan fingerprint density at radius 1 is 1.12 bits per heavy atom. The van der Waals surface area contributed by atoms with Crippen molar-refractivity contribution in [3.8, 4) is 22.4 Å². The molecule has 1 unspecified atom stereocenters. The van der Waals surface area contributed by atoms with Crippen LogP contribution in [0.3, 0.4) is 0 Å². The quantitative estimate of drug-likeness (QED) is 0.425. The number of nitrogens with one attached hydrogen (secondary N) is 1. The van der Waals surface area contributed by atoms with Gasteiger partial charge in [-0.1, -0.05) is 12.1 Å². The molecule has 2 heterocycles. The van der Waals surface area contributed by atoms with E-state index in [1.54, 1.807) is 6.07 Å². The zero-order valence-corrected chi connectivity index (χ0v) is 17.7. The van der Waals surface area contributed by atoms with E-state index in [4.69, 9.17) is 0 Å². The third-order valence-electron chi connectivity index (χ3n) is 5.08. The minimum Gasteiger partial charge on any atom is -0.755 e. The van der Waals surface area contributed by atoms with Gasteiger partial charge in [0.15, 0.2) is 0 Å². The van der Waals surface area contributed by atoms with Gasteiger partial charge in [0.25, 0.3) is 0 Å². The molecule has 3 aromatic rings. The molecule has 1 fully saturated rings. The maximum absolute atomic E-state index is 13.7. The van der Waals surface area contributed by atoms with Crippen molar-refractivity contribution in [3.05, 3.63) is 60.2 Å². The Bertz CT molecular complexity index is 1190. The molecule has 12 heteroatoms. The second-order valence-corrected chi connectivity index (χ2v) is 8.08. The Balaban J connectivity index is 2.01. The number of hydrogen-bond acceptors (Lipinski definition) is 6. The summed E-state index contributed by atoms with van der Waals surface area (Å²) in [7, 11) is 0. The van der Waals surface area contributed by atoms with Crippen molar-refractivity contribution in [2.75, 3.05) is 22.7 Å². The number of benzene rings is 2. The summed E-state index contributed by atoms with van der Waals surface area (Å²) in [5, 5.41) is 9.98. The van der Waals surface area contributed by atoms with Crippen LogP contribution < -0.4 is 9.62 Å². The summed E-state index contributed by atoms with van der Waals surface area (Å²) in [4.78, 5) is 9.09. The Labute approximate surface area is 188 Å². The third-order valence-corrected chi connectivity index (χ3v) is 5.48. The first kappa shape index (κ1) is 23.1. The summed E-state index contributed by atoms with van der Waals surface area (Å²) in [6, 6.07) is 10.8. The summed E-state index contributed by atoms with van der Waals surface area (Å²) in [6.45, 7) is 0.320. The molecule has 1 aromatic heterocycles. The fourth-order valence-electron chi connectivity index (χ4n) is 3.66. The Morgan fingerprint density at radius 3 is 2.45 bits per heavy atom. The largest absolute Gasteiger partial charge is 0.755 e. The van der Waals surface area contributed by atoms with E-state index < -0.39 is 35.2 Å². The van der Waals surface area contributed by atoms with Crippen LogP contribution in [0, 0.1) is 5.82 Å². The number of nitrogens with zero attached hydrogens (tertiary/aromatic N) is 3. The lowest BCUT2D eigenvalue weighted by atomic mass is 9.98. The van der Waals surface area contributed by atoms with Gasteiger partial charge in [0, 0.05) is 35.6 Å². The van der Waals surface area contributed by atoms with Crippen molar-refractivity contribution in [1.29, 1.82) is 0 Å². The average molecular weight is 481 g/mol. The van der Waals surface area contributed by atoms with Gasteiger partial charge in [0.05, 0.1) is 17.4 Å². The summed E-state index contributed by atoms with van der Waals surface area (Å²) in [5.74, 6) is -2.01. The fourth-order valence-corrected chi connectivity index (χ4v) is 3.98. The summed E-state index contributed by atoms with van der Waals surface area (Å²) in [6.07, 6.45) is -5.26. The van der Waals surface area contributed by atoms with Gasteiger partial charge < -0.3 is 19.3 Å². The average Bonchev–Trinajstić information content (AvgIpc) is 3.18. The highest BCUT2D eigenvalue weighted by atomic mass is 32.2. The molecule has 174 valence electrons. The van der Waals surface area contributed by atoms with Gasteiger partial charge in [-0.2, -0.15) is 13.2 Å². The highest BCUT2D eigenvalue weighted by Gasteiger charge is 2.38. The van der Waals surface area contributed by atoms with Crippen LogP contribution in [0.5, 0.6) is 0 Å². The van der Waals surface area contributed by atoms with Crippen LogP contribution in [0.1, 0.15) is 12.2 Å². The SMILES string of the molecule is O=S([O-])Nc1cccc(-c2c(-c3ccc(F)cc3)nc(C(F)(F)F)nc2N2CC[C@@H](O)C2)c1. The molecule has 0 amide bonds. The highest BCUT2D eigenvalue weighted by molar-refractivity contribution is 7.80. The normalized spacial score (nSPS) is 17.3. The van der Waals surface area contributed by atoms with E-state index in [0.29, 0.717) is 12.0 Å². The summed E-state index contributed by atoms with van der Waals surface area (Å²) in [5.41, 5.74) is 0.831. The molecule has 0 aliphatic carbocycles. The van der Waals surface area contributed by atoms with Crippen molar-refractivity contribution in [3.63, 3.8) is 0 Å². The summed E-state index contributed by atoms with van der Waals surface area (Å²) >= 11 is -2.62. The van der Waals surface area contributed by atoms with Gasteiger partial charge in [0.2, 0.25) is 5.82 Å². The van der Waals surface area contributed by atoms with E-state index in [1.165, 1.54) is 35.2 Å². The second-order valence-electron chi connectivity index (χ2n) is 7.41. The Morgan fingerprint density at radius 2 is 1.85 bits per heavy atom. The first-order chi connectivity index (χ1) is 15.6. The van der Waals surface area contributed by atoms with Crippen LogP contribution in [0.15, 0.2) is 48.5 Å². The standard InChI is InChI=1S/C21H18F4N4O3S/c22-14-6-4-12(5-7-14)18-17(13-2-1-3-15(10-13)28-33(31)32)19(29-9-8-16(30)11-29)27-20(26-18)21(23,24)25/h1-7,10,16,28,30H,8-9,11H2,(H,31,32)/p-1/t16-/m1/s1. The van der Waals surface area contributed by atoms with Crippen LogP contribution in [-0.2, 0) is 17.4 Å². The van der Waals surface area contributed by atoms with E-state index in [1.807, 2.05) is 0 Å². The molecule has 1 aliphatic rings. The predicted octanol–water partition coefficient (Wildman–Crippen LogP) is 3.75. The number of rotatable bonds is 5. The van der Waals surface area contributed by atoms with Crippen LogP contribution in [0.2, 0.25) is 0 Å². The third kappa shape index (κ3) is 5.13. The van der Waals surface area contributed by atoms with Crippen molar-refractivity contribution in [1.82, 2.24) is 9.97 Å². The molecule has 1 aliphatic heterocycles. The number of halogens is 4. The molecule has 0 radical (unpaired) electrons. The molecule has 1 saturated heterocycles. The fraction of sp³-hybridized carbons (Fsp3) is 0.238. The van der Waals surface area contributed by atoms with Gasteiger partial charge in [-0.3, -0.25) is 4.21 Å². The maximum atomic E-state index is 13.7. The number of alkyl halides is 3. The van der Waals surface area contributed by atoms with E-state index >= 15 is 0 Å². The monoisotopic (exact) mass is 481 g/mol. The minimum absolute atomic E-state index is 0.0615. The van der Waals surface area contributed by atoms with Crippen molar-refractivity contribution < 1.29 is 31.4 Å². The number of aliphatic hydroxyl groups excluding tert-OH is 1. The molecule has 2 N–H and O–H groups in total. The molecule has 0 bridgehead atoms. The molecule has 33 heavy (non-hydrogen) atoms. The van der Waals surface area contributed by atoms with Crippen molar-refractivity contribution >= 4 is 22.8 Å². The Hall–Kier alpha value is -3.09. The van der Waals surface area contributed by atoms with Gasteiger partial charge >= 0.3 is 6.18 Å². The van der Waals surface area contributed by atoms with Crippen molar-refractivity contribution in [2.24, 2.45) is 0 Å². The second kappa shape index (κ2) is 9.04. The molecule has 2 atom stereocenters. The number of aromatic nitrogens is 2. The van der Waals surface area contributed by atoms with Crippen LogP contribution in [-0.4, -0.2) is 43.0 Å². The van der Waals surface area contributed by atoms with E-state index in [-0.39, 0.29) is 41.4 Å². The van der Waals surface area contributed by atoms with Crippen LogP contribution in [0.25, 0.3) is 22.4 Å². The van der Waals surface area contributed by atoms with E-state index in [0.717, 1.165) is 12.1 Å². The molecule has 0 spiro atoms. The molecule has 7 nitrogen and oxygen atoms in total. The number of hydrogen-bond donors (Lipinski definition) is 2. The van der Waals surface area contributed by atoms with Crippen molar-refractivity contribution in [2.45, 2.75) is 18.7 Å². The number of aliphatic hydroxyl groups is 1. The zero-order valence-electron chi connectivity index (χ0n) is 16.8. The Kier molecular flexibility index (Phi) is 6.32. The lowest BCUT2D eigenvalue weighted by Gasteiger charge is -2.24. The first-order valence-electron chi connectivity index (χ1n) is 9.76. The molecular formula is C21H17F4N4O3S-. The van der Waals surface area contributed by atoms with Gasteiger partial charge in [-0.25, -0.2) is 14.4 Å². The molecular weight excluding hydrogens is 464 g/mol. The minimum atomic E-state index is -4.86. The lowest BCUT2D eigenvalue weighted by molar-refractivity contribution is -0.144. The van der Waals surface area contributed by atoms with Gasteiger partial charge in [-0.05, 0) is 48.4 Å². The highest BCUT2D eigenvalue weighted by Crippen LogP contribution is 2.41. The van der Waals surface area contributed by atoms with Gasteiger partial charge in [-0.15, -0.1) is 0 Å². The van der Waals surface area contributed by atoms with E-state index in [2.05, 4.69) is 14.7 Å². The molecule has 0 saturated carbocycles. The van der Waals surface area contributed by atoms with Crippen LogP contribution >= 0.6 is 0 Å². The number of anilines is 2. The first-order valence-corrected chi connectivity index (χ1v) is 10.8.